The molecule has 1 aromatic heterocycles. The minimum absolute atomic E-state index is 0.0591. The lowest BCUT2D eigenvalue weighted by molar-refractivity contribution is -0.146. The second kappa shape index (κ2) is 3.23. The van der Waals surface area contributed by atoms with Crippen LogP contribution in [0, 0.1) is 5.92 Å². The molecule has 4 nitrogen and oxygen atoms in total. The minimum atomic E-state index is -4.51. The van der Waals surface area contributed by atoms with Crippen LogP contribution in [0.25, 0.3) is 0 Å². The van der Waals surface area contributed by atoms with E-state index in [0.29, 0.717) is 12.3 Å². The van der Waals surface area contributed by atoms with E-state index in [1.54, 1.807) is 0 Å². The maximum absolute atomic E-state index is 12.0. The highest BCUT2D eigenvalue weighted by Crippen LogP contribution is 2.26. The molecule has 1 fully saturated rings. The zero-order valence-corrected chi connectivity index (χ0v) is 7.14. The van der Waals surface area contributed by atoms with Crippen LogP contribution in [0.3, 0.4) is 0 Å². The summed E-state index contributed by atoms with van der Waals surface area (Å²) in [5, 5.41) is 5.87. The topological polar surface area (TPSA) is 51.0 Å². The van der Waals surface area contributed by atoms with Crippen LogP contribution in [0.4, 0.5) is 13.2 Å². The number of rotatable bonds is 2. The van der Waals surface area contributed by atoms with Gasteiger partial charge in [-0.1, -0.05) is 5.16 Å². The van der Waals surface area contributed by atoms with Gasteiger partial charge in [-0.05, 0) is 19.0 Å². The molecule has 0 amide bonds. The molecular weight excluding hydrogens is 199 g/mol. The quantitative estimate of drug-likeness (QED) is 0.781. The Bertz CT molecular complexity index is 318. The van der Waals surface area contributed by atoms with Crippen molar-refractivity contribution in [3.05, 3.63) is 11.7 Å². The molecule has 2 heterocycles. The van der Waals surface area contributed by atoms with Crippen molar-refractivity contribution in [1.82, 2.24) is 15.5 Å². The normalized spacial score (nSPS) is 18.2. The first kappa shape index (κ1) is 9.45. The summed E-state index contributed by atoms with van der Waals surface area (Å²) in [4.78, 5) is 3.27. The molecule has 0 saturated carbocycles. The van der Waals surface area contributed by atoms with E-state index < -0.39 is 12.0 Å². The van der Waals surface area contributed by atoms with Crippen molar-refractivity contribution in [2.75, 3.05) is 13.1 Å². The van der Waals surface area contributed by atoms with Crippen LogP contribution in [-0.2, 0) is 12.6 Å². The molecule has 1 saturated heterocycles. The monoisotopic (exact) mass is 207 g/mol. The maximum Gasteiger partial charge on any atom is 0.455 e. The predicted molar refractivity (Wildman–Crippen MR) is 39.4 cm³/mol. The highest BCUT2D eigenvalue weighted by atomic mass is 19.4. The highest BCUT2D eigenvalue weighted by molar-refractivity contribution is 4.93. The molecule has 14 heavy (non-hydrogen) atoms. The fourth-order valence-electron chi connectivity index (χ4n) is 1.19. The predicted octanol–water partition coefficient (Wildman–Crippen LogP) is 0.850. The van der Waals surface area contributed by atoms with Gasteiger partial charge in [0.2, 0.25) is 5.89 Å². The number of hydrogen-bond acceptors (Lipinski definition) is 4. The summed E-state index contributed by atoms with van der Waals surface area (Å²) < 4.78 is 40.6. The third kappa shape index (κ3) is 1.87. The molecule has 0 radical (unpaired) electrons. The highest BCUT2D eigenvalue weighted by Gasteiger charge is 2.37. The molecule has 0 atom stereocenters. The van der Waals surface area contributed by atoms with Crippen LogP contribution in [0.15, 0.2) is 4.52 Å². The Balaban J connectivity index is 2.02. The summed E-state index contributed by atoms with van der Waals surface area (Å²) >= 11 is 0. The summed E-state index contributed by atoms with van der Waals surface area (Å²) in [6.07, 6.45) is -4.10. The van der Waals surface area contributed by atoms with Crippen LogP contribution in [0.2, 0.25) is 0 Å². The Kier molecular flexibility index (Phi) is 2.18. The Hall–Kier alpha value is -1.11. The molecule has 1 aromatic rings. The lowest BCUT2D eigenvalue weighted by Crippen LogP contribution is -2.43. The van der Waals surface area contributed by atoms with Crippen molar-refractivity contribution < 1.29 is 17.7 Å². The van der Waals surface area contributed by atoms with Gasteiger partial charge < -0.3 is 9.84 Å². The number of alkyl halides is 3. The van der Waals surface area contributed by atoms with Crippen molar-refractivity contribution in [3.8, 4) is 0 Å². The van der Waals surface area contributed by atoms with Crippen LogP contribution in [0.5, 0.6) is 0 Å². The second-order valence-corrected chi connectivity index (χ2v) is 3.24. The molecule has 1 N–H and O–H groups in total. The lowest BCUT2D eigenvalue weighted by atomic mass is 10.00. The van der Waals surface area contributed by atoms with E-state index in [9.17, 15) is 13.2 Å². The first-order chi connectivity index (χ1) is 6.55. The van der Waals surface area contributed by atoms with Crippen molar-refractivity contribution in [3.63, 3.8) is 0 Å². The van der Waals surface area contributed by atoms with E-state index in [1.165, 1.54) is 0 Å². The molecule has 0 aliphatic carbocycles. The summed E-state index contributed by atoms with van der Waals surface area (Å²) in [6.45, 7) is 1.59. The first-order valence-electron chi connectivity index (χ1n) is 4.16. The standard InChI is InChI=1S/C7H8F3N3O/c8-7(9,10)6-12-5(14-13-6)1-4-2-11-3-4/h4,11H,1-3H2. The lowest BCUT2D eigenvalue weighted by Gasteiger charge is -2.25. The molecule has 1 aliphatic rings. The van der Waals surface area contributed by atoms with Gasteiger partial charge in [-0.25, -0.2) is 0 Å². The molecular formula is C7H8F3N3O. The van der Waals surface area contributed by atoms with E-state index in [2.05, 4.69) is 20.0 Å². The Morgan fingerprint density at radius 2 is 2.14 bits per heavy atom. The number of nitrogens with zero attached hydrogens (tertiary/aromatic N) is 2. The van der Waals surface area contributed by atoms with Crippen LogP contribution >= 0.6 is 0 Å². The van der Waals surface area contributed by atoms with Gasteiger partial charge in [-0.3, -0.25) is 0 Å². The Morgan fingerprint density at radius 1 is 1.43 bits per heavy atom. The molecule has 7 heteroatoms. The Labute approximate surface area is 77.5 Å². The zero-order chi connectivity index (χ0) is 10.2. The van der Waals surface area contributed by atoms with Gasteiger partial charge >= 0.3 is 6.18 Å². The minimum Gasteiger partial charge on any atom is -0.339 e. The number of aromatic nitrogens is 2. The fraction of sp³-hybridized carbons (Fsp3) is 0.714. The smallest absolute Gasteiger partial charge is 0.339 e. The first-order valence-corrected chi connectivity index (χ1v) is 4.16. The third-order valence-electron chi connectivity index (χ3n) is 2.05. The molecule has 0 bridgehead atoms. The van der Waals surface area contributed by atoms with Crippen molar-refractivity contribution in [1.29, 1.82) is 0 Å². The average Bonchev–Trinajstić information content (AvgIpc) is 2.43. The maximum atomic E-state index is 12.0. The van der Waals surface area contributed by atoms with Crippen molar-refractivity contribution in [2.24, 2.45) is 5.92 Å². The van der Waals surface area contributed by atoms with E-state index in [0.717, 1.165) is 13.1 Å². The van der Waals surface area contributed by atoms with E-state index in [-0.39, 0.29) is 5.89 Å². The molecule has 1 aliphatic heterocycles. The largest absolute Gasteiger partial charge is 0.455 e. The van der Waals surface area contributed by atoms with Crippen LogP contribution in [0.1, 0.15) is 11.7 Å². The molecule has 2 rings (SSSR count). The average molecular weight is 207 g/mol. The molecule has 0 unspecified atom stereocenters. The zero-order valence-electron chi connectivity index (χ0n) is 7.14. The summed E-state index contributed by atoms with van der Waals surface area (Å²) in [7, 11) is 0. The molecule has 78 valence electrons. The van der Waals surface area contributed by atoms with Gasteiger partial charge in [0.1, 0.15) is 0 Å². The van der Waals surface area contributed by atoms with E-state index in [1.807, 2.05) is 0 Å². The number of hydrogen-bond donors (Lipinski definition) is 1. The summed E-state index contributed by atoms with van der Waals surface area (Å²) in [5.41, 5.74) is 0. The van der Waals surface area contributed by atoms with Gasteiger partial charge in [0.05, 0.1) is 0 Å². The second-order valence-electron chi connectivity index (χ2n) is 3.24. The van der Waals surface area contributed by atoms with Crippen molar-refractivity contribution in [2.45, 2.75) is 12.6 Å². The fourth-order valence-corrected chi connectivity index (χ4v) is 1.19. The van der Waals surface area contributed by atoms with Crippen molar-refractivity contribution >= 4 is 0 Å². The molecule has 0 spiro atoms. The third-order valence-corrected chi connectivity index (χ3v) is 2.05. The van der Waals surface area contributed by atoms with E-state index >= 15 is 0 Å². The SMILES string of the molecule is FC(F)(F)c1noc(CC2CNC2)n1. The Morgan fingerprint density at radius 3 is 2.57 bits per heavy atom. The van der Waals surface area contributed by atoms with Crippen LogP contribution < -0.4 is 5.32 Å². The number of nitrogens with one attached hydrogen (secondary N) is 1. The van der Waals surface area contributed by atoms with Gasteiger partial charge in [0, 0.05) is 6.42 Å². The van der Waals surface area contributed by atoms with Gasteiger partial charge in [0.15, 0.2) is 0 Å². The summed E-state index contributed by atoms with van der Waals surface area (Å²) in [5.74, 6) is -0.819. The van der Waals surface area contributed by atoms with Crippen LogP contribution in [-0.4, -0.2) is 23.2 Å². The number of halogens is 3. The van der Waals surface area contributed by atoms with Gasteiger partial charge in [-0.15, -0.1) is 0 Å². The van der Waals surface area contributed by atoms with Gasteiger partial charge in [0.25, 0.3) is 5.82 Å². The summed E-state index contributed by atoms with van der Waals surface area (Å²) in [6, 6.07) is 0. The van der Waals surface area contributed by atoms with Gasteiger partial charge in [-0.2, -0.15) is 18.2 Å². The molecule has 0 aromatic carbocycles. The van der Waals surface area contributed by atoms with E-state index in [4.69, 9.17) is 0 Å².